The molecule has 92 valence electrons. The first-order valence-corrected chi connectivity index (χ1v) is 6.12. The van der Waals surface area contributed by atoms with Crippen LogP contribution in [0.2, 0.25) is 0 Å². The molecule has 18 heavy (non-hydrogen) atoms. The lowest BCUT2D eigenvalue weighted by atomic mass is 9.85. The minimum atomic E-state index is 0.0694. The zero-order valence-electron chi connectivity index (χ0n) is 10.9. The first-order valence-electron chi connectivity index (χ1n) is 6.12. The van der Waals surface area contributed by atoms with Gasteiger partial charge in [0.2, 0.25) is 0 Å². The van der Waals surface area contributed by atoms with Crippen molar-refractivity contribution in [3.8, 4) is 17.0 Å². The van der Waals surface area contributed by atoms with Crippen LogP contribution in [0, 0.1) is 6.92 Å². The molecule has 0 unspecified atom stereocenters. The van der Waals surface area contributed by atoms with Crippen LogP contribution in [0.25, 0.3) is 11.3 Å². The molecule has 0 radical (unpaired) electrons. The molecule has 0 spiro atoms. The summed E-state index contributed by atoms with van der Waals surface area (Å²) in [5.74, 6) is 1.00. The summed E-state index contributed by atoms with van der Waals surface area (Å²) in [6, 6.07) is 4.30. The van der Waals surface area contributed by atoms with E-state index >= 15 is 0 Å². The minimum absolute atomic E-state index is 0.0694. The zero-order chi connectivity index (χ0) is 12.8. The fourth-order valence-electron chi connectivity index (χ4n) is 2.38. The quantitative estimate of drug-likeness (QED) is 0.768. The smallest absolute Gasteiger partial charge is 0.123 e. The third-order valence-electron chi connectivity index (χ3n) is 3.48. The first-order chi connectivity index (χ1) is 8.58. The number of nitrogens with zero attached hydrogens (tertiary/aromatic N) is 2. The molecule has 0 bridgehead atoms. The van der Waals surface area contributed by atoms with Gasteiger partial charge in [0, 0.05) is 28.9 Å². The summed E-state index contributed by atoms with van der Waals surface area (Å²) in [5.41, 5.74) is 4.56. The molecular weight excluding hydrogens is 224 g/mol. The molecule has 1 aromatic carbocycles. The average molecular weight is 240 g/mol. The SMILES string of the molecule is Cc1cc2c(cc1-c1cnccn1)C(C)(C)CO2. The number of aryl methyl sites for hydroxylation is 1. The van der Waals surface area contributed by atoms with E-state index in [9.17, 15) is 0 Å². The Hall–Kier alpha value is -1.90. The van der Waals surface area contributed by atoms with Crippen molar-refractivity contribution in [3.05, 3.63) is 41.9 Å². The molecule has 2 aromatic rings. The predicted octanol–water partition coefficient (Wildman–Crippen LogP) is 3.12. The van der Waals surface area contributed by atoms with Crippen molar-refractivity contribution in [1.29, 1.82) is 0 Å². The van der Waals surface area contributed by atoms with E-state index in [-0.39, 0.29) is 5.41 Å². The maximum absolute atomic E-state index is 5.75. The normalized spacial score (nSPS) is 16.2. The van der Waals surface area contributed by atoms with E-state index in [4.69, 9.17) is 4.74 Å². The molecule has 0 amide bonds. The first kappa shape index (κ1) is 11.2. The number of aromatic nitrogens is 2. The Kier molecular flexibility index (Phi) is 2.37. The van der Waals surface area contributed by atoms with Crippen molar-refractivity contribution in [2.24, 2.45) is 0 Å². The number of fused-ring (bicyclic) bond motifs is 1. The fraction of sp³-hybridized carbons (Fsp3) is 0.333. The average Bonchev–Trinajstić information content (AvgIpc) is 2.65. The number of rotatable bonds is 1. The maximum Gasteiger partial charge on any atom is 0.123 e. The Bertz CT molecular complexity index is 591. The van der Waals surface area contributed by atoms with Crippen molar-refractivity contribution < 1.29 is 4.74 Å². The molecule has 1 aromatic heterocycles. The third-order valence-corrected chi connectivity index (χ3v) is 3.48. The summed E-state index contributed by atoms with van der Waals surface area (Å²) >= 11 is 0. The van der Waals surface area contributed by atoms with E-state index in [1.54, 1.807) is 18.6 Å². The molecule has 3 rings (SSSR count). The van der Waals surface area contributed by atoms with Crippen LogP contribution in [0.4, 0.5) is 0 Å². The van der Waals surface area contributed by atoms with Gasteiger partial charge < -0.3 is 4.74 Å². The van der Waals surface area contributed by atoms with Crippen LogP contribution in [-0.4, -0.2) is 16.6 Å². The van der Waals surface area contributed by atoms with Crippen LogP contribution in [-0.2, 0) is 5.41 Å². The van der Waals surface area contributed by atoms with Gasteiger partial charge in [-0.15, -0.1) is 0 Å². The van der Waals surface area contributed by atoms with E-state index in [1.165, 1.54) is 11.1 Å². The number of benzene rings is 1. The number of hydrogen-bond acceptors (Lipinski definition) is 3. The van der Waals surface area contributed by atoms with Crippen LogP contribution in [0.15, 0.2) is 30.7 Å². The summed E-state index contributed by atoms with van der Waals surface area (Å²) in [5, 5.41) is 0. The summed E-state index contributed by atoms with van der Waals surface area (Å²) in [6.45, 7) is 7.23. The zero-order valence-corrected chi connectivity index (χ0v) is 10.9. The molecule has 3 heteroatoms. The predicted molar refractivity (Wildman–Crippen MR) is 70.7 cm³/mol. The molecule has 0 saturated carbocycles. The number of hydrogen-bond donors (Lipinski definition) is 0. The van der Waals surface area contributed by atoms with E-state index in [2.05, 4.69) is 42.9 Å². The molecule has 0 saturated heterocycles. The summed E-state index contributed by atoms with van der Waals surface area (Å²) in [6.07, 6.45) is 5.22. The minimum Gasteiger partial charge on any atom is -0.492 e. The summed E-state index contributed by atoms with van der Waals surface area (Å²) in [4.78, 5) is 8.52. The second-order valence-corrected chi connectivity index (χ2v) is 5.43. The van der Waals surface area contributed by atoms with Gasteiger partial charge in [0.05, 0.1) is 18.5 Å². The highest BCUT2D eigenvalue weighted by Crippen LogP contribution is 2.41. The second kappa shape index (κ2) is 3.80. The highest BCUT2D eigenvalue weighted by molar-refractivity contribution is 5.67. The van der Waals surface area contributed by atoms with Crippen LogP contribution >= 0.6 is 0 Å². The van der Waals surface area contributed by atoms with E-state index < -0.39 is 0 Å². The fourth-order valence-corrected chi connectivity index (χ4v) is 2.38. The van der Waals surface area contributed by atoms with Gasteiger partial charge >= 0.3 is 0 Å². The van der Waals surface area contributed by atoms with Gasteiger partial charge in [0.15, 0.2) is 0 Å². The Morgan fingerprint density at radius 1 is 1.22 bits per heavy atom. The molecular formula is C15H16N2O. The van der Waals surface area contributed by atoms with Crippen molar-refractivity contribution in [3.63, 3.8) is 0 Å². The highest BCUT2D eigenvalue weighted by atomic mass is 16.5. The highest BCUT2D eigenvalue weighted by Gasteiger charge is 2.32. The van der Waals surface area contributed by atoms with Crippen LogP contribution in [0.3, 0.4) is 0 Å². The lowest BCUT2D eigenvalue weighted by Gasteiger charge is -2.16. The van der Waals surface area contributed by atoms with Gasteiger partial charge in [-0.25, -0.2) is 0 Å². The molecule has 0 fully saturated rings. The Morgan fingerprint density at radius 3 is 2.78 bits per heavy atom. The topological polar surface area (TPSA) is 35.0 Å². The molecule has 0 N–H and O–H groups in total. The monoisotopic (exact) mass is 240 g/mol. The Balaban J connectivity index is 2.18. The standard InChI is InChI=1S/C15H16N2O/c1-10-6-14-12(15(2,3)9-18-14)7-11(10)13-8-16-4-5-17-13/h4-8H,9H2,1-3H3. The van der Waals surface area contributed by atoms with Crippen molar-refractivity contribution in [1.82, 2.24) is 9.97 Å². The Labute approximate surface area is 107 Å². The van der Waals surface area contributed by atoms with Gasteiger partial charge in [-0.1, -0.05) is 13.8 Å². The van der Waals surface area contributed by atoms with Gasteiger partial charge in [-0.05, 0) is 24.6 Å². The van der Waals surface area contributed by atoms with Gasteiger partial charge in [0.1, 0.15) is 5.75 Å². The lowest BCUT2D eigenvalue weighted by Crippen LogP contribution is -2.18. The van der Waals surface area contributed by atoms with E-state index in [0.29, 0.717) is 0 Å². The summed E-state index contributed by atoms with van der Waals surface area (Å²) in [7, 11) is 0. The molecule has 1 aliphatic rings. The van der Waals surface area contributed by atoms with Crippen LogP contribution in [0.5, 0.6) is 5.75 Å². The van der Waals surface area contributed by atoms with E-state index in [0.717, 1.165) is 23.6 Å². The molecule has 0 atom stereocenters. The van der Waals surface area contributed by atoms with E-state index in [1.807, 2.05) is 0 Å². The molecule has 1 aliphatic heterocycles. The van der Waals surface area contributed by atoms with Crippen LogP contribution < -0.4 is 4.74 Å². The van der Waals surface area contributed by atoms with Gasteiger partial charge in [-0.2, -0.15) is 0 Å². The largest absolute Gasteiger partial charge is 0.492 e. The molecule has 0 aliphatic carbocycles. The second-order valence-electron chi connectivity index (χ2n) is 5.43. The molecule has 2 heterocycles. The lowest BCUT2D eigenvalue weighted by molar-refractivity contribution is 0.291. The van der Waals surface area contributed by atoms with Crippen molar-refractivity contribution in [2.45, 2.75) is 26.2 Å². The van der Waals surface area contributed by atoms with Crippen molar-refractivity contribution >= 4 is 0 Å². The summed E-state index contributed by atoms with van der Waals surface area (Å²) < 4.78 is 5.75. The number of ether oxygens (including phenoxy) is 1. The van der Waals surface area contributed by atoms with Gasteiger partial charge in [0.25, 0.3) is 0 Å². The Morgan fingerprint density at radius 2 is 2.06 bits per heavy atom. The van der Waals surface area contributed by atoms with Gasteiger partial charge in [-0.3, -0.25) is 9.97 Å². The van der Waals surface area contributed by atoms with Crippen molar-refractivity contribution in [2.75, 3.05) is 6.61 Å². The van der Waals surface area contributed by atoms with Crippen LogP contribution in [0.1, 0.15) is 25.0 Å². The maximum atomic E-state index is 5.75. The molecule has 3 nitrogen and oxygen atoms in total. The third kappa shape index (κ3) is 1.67.